The van der Waals surface area contributed by atoms with E-state index in [2.05, 4.69) is 0 Å². The first-order valence-electron chi connectivity index (χ1n) is 11.6. The Bertz CT molecular complexity index is 1370. The maximum Gasteiger partial charge on any atom is 0.331 e. The van der Waals surface area contributed by atoms with Crippen LogP contribution in [0.3, 0.4) is 0 Å². The molecule has 6 N–H and O–H groups in total. The predicted molar refractivity (Wildman–Crippen MR) is 127 cm³/mol. The zero-order valence-corrected chi connectivity index (χ0v) is 19.9. The summed E-state index contributed by atoms with van der Waals surface area (Å²) in [4.78, 5) is 38.9. The summed E-state index contributed by atoms with van der Waals surface area (Å²) in [5, 5.41) is 42.3. The number of phenols is 2. The molecule has 1 saturated heterocycles. The molecule has 194 valence electrons. The van der Waals surface area contributed by atoms with E-state index in [1.165, 1.54) is 25.3 Å². The normalized spacial score (nSPS) is 26.6. The van der Waals surface area contributed by atoms with E-state index in [-0.39, 0.29) is 46.4 Å². The fourth-order valence-electron chi connectivity index (χ4n) is 5.22. The molecule has 0 bridgehead atoms. The van der Waals surface area contributed by atoms with Crippen LogP contribution in [0.15, 0.2) is 23.8 Å². The van der Waals surface area contributed by atoms with E-state index < -0.39 is 70.8 Å². The molecule has 0 aromatic heterocycles. The molecule has 2 unspecified atom stereocenters. The number of phenolic OH excluding ortho intramolecular Hbond substituents is 2. The number of nitrogens with two attached hydrogens (primary N) is 1. The highest BCUT2D eigenvalue weighted by atomic mass is 16.7. The van der Waals surface area contributed by atoms with Crippen molar-refractivity contribution in [2.24, 2.45) is 5.73 Å². The van der Waals surface area contributed by atoms with Crippen molar-refractivity contribution in [1.29, 1.82) is 0 Å². The maximum atomic E-state index is 13.6. The number of carbonyl (C=O) groups excluding carboxylic acids is 2. The predicted octanol–water partition coefficient (Wildman–Crippen LogP) is 1.63. The Labute approximate surface area is 210 Å². The van der Waals surface area contributed by atoms with Crippen LogP contribution in [0.25, 0.3) is 6.08 Å². The van der Waals surface area contributed by atoms with E-state index in [1.807, 2.05) is 0 Å². The van der Waals surface area contributed by atoms with Gasteiger partial charge in [0.2, 0.25) is 5.78 Å². The molecule has 1 heterocycles. The standard InChI is InChI=1S/C26H25NO10/c1-9-21(28)13(27)8-16(36-9)37-15-7-10(26(33)34)6-12-18(15)25(32)20-19(23(12)30)22(29)11-4-3-5-14(35-2)17(11)24(20)31/h3-6,9,13,15-16,21,28,30,32H,7-8,27H2,1-2H3,(H,33,34)/t9?,13?,15-,16-,21-/m0/s1. The third-order valence-corrected chi connectivity index (χ3v) is 7.08. The number of aliphatic hydroxyl groups is 1. The Hall–Kier alpha value is -3.77. The zero-order chi connectivity index (χ0) is 26.8. The number of benzene rings is 2. The molecule has 3 aliphatic rings. The highest BCUT2D eigenvalue weighted by molar-refractivity contribution is 6.31. The van der Waals surface area contributed by atoms with Gasteiger partial charge in [-0.15, -0.1) is 0 Å². The molecule has 11 heteroatoms. The number of ketones is 2. The summed E-state index contributed by atoms with van der Waals surface area (Å²) < 4.78 is 17.0. The van der Waals surface area contributed by atoms with Crippen LogP contribution in [0.4, 0.5) is 0 Å². The highest BCUT2D eigenvalue weighted by Crippen LogP contribution is 2.51. The molecule has 2 aromatic rings. The first-order valence-corrected chi connectivity index (χ1v) is 11.6. The Morgan fingerprint density at radius 3 is 2.46 bits per heavy atom. The van der Waals surface area contributed by atoms with Crippen molar-refractivity contribution >= 4 is 23.6 Å². The minimum atomic E-state index is -1.29. The van der Waals surface area contributed by atoms with Crippen LogP contribution < -0.4 is 10.5 Å². The summed E-state index contributed by atoms with van der Waals surface area (Å²) in [6.07, 6.45) is -2.79. The maximum absolute atomic E-state index is 13.6. The lowest BCUT2D eigenvalue weighted by Crippen LogP contribution is -2.51. The number of aliphatic hydroxyl groups excluding tert-OH is 1. The monoisotopic (exact) mass is 511 g/mol. The van der Waals surface area contributed by atoms with Gasteiger partial charge in [0.05, 0.1) is 42.1 Å². The third-order valence-electron chi connectivity index (χ3n) is 7.08. The number of aliphatic carboxylic acids is 1. The summed E-state index contributed by atoms with van der Waals surface area (Å²) in [7, 11) is 1.34. The number of rotatable bonds is 4. The second kappa shape index (κ2) is 8.96. The number of carbonyl (C=O) groups is 3. The average Bonchev–Trinajstić information content (AvgIpc) is 2.86. The quantitative estimate of drug-likeness (QED) is 0.321. The highest BCUT2D eigenvalue weighted by Gasteiger charge is 2.43. The Morgan fingerprint density at radius 1 is 1.11 bits per heavy atom. The SMILES string of the molecule is COc1cccc2c1C(=O)c1c(O)c3c(c(O)c1C2=O)C=C(C(=O)O)C[C@@H]3O[C@H]1CC(N)[C@@H](O)C(C)O1. The van der Waals surface area contributed by atoms with Crippen molar-refractivity contribution in [1.82, 2.24) is 0 Å². The molecule has 5 atom stereocenters. The van der Waals surface area contributed by atoms with E-state index in [0.29, 0.717) is 0 Å². The van der Waals surface area contributed by atoms with E-state index >= 15 is 0 Å². The summed E-state index contributed by atoms with van der Waals surface area (Å²) >= 11 is 0. The van der Waals surface area contributed by atoms with E-state index in [4.69, 9.17) is 19.9 Å². The lowest BCUT2D eigenvalue weighted by molar-refractivity contribution is -0.240. The first-order chi connectivity index (χ1) is 17.5. The van der Waals surface area contributed by atoms with Gasteiger partial charge in [-0.05, 0) is 19.1 Å². The van der Waals surface area contributed by atoms with Crippen molar-refractivity contribution in [2.45, 2.75) is 50.4 Å². The largest absolute Gasteiger partial charge is 0.507 e. The van der Waals surface area contributed by atoms with E-state index in [1.54, 1.807) is 6.92 Å². The van der Waals surface area contributed by atoms with Crippen molar-refractivity contribution in [3.8, 4) is 17.2 Å². The van der Waals surface area contributed by atoms with Gasteiger partial charge in [0, 0.05) is 41.1 Å². The number of ether oxygens (including phenoxy) is 3. The van der Waals surface area contributed by atoms with Crippen molar-refractivity contribution in [3.63, 3.8) is 0 Å². The smallest absolute Gasteiger partial charge is 0.331 e. The van der Waals surface area contributed by atoms with Crippen molar-refractivity contribution in [2.75, 3.05) is 7.11 Å². The van der Waals surface area contributed by atoms with Gasteiger partial charge in [0.15, 0.2) is 12.1 Å². The summed E-state index contributed by atoms with van der Waals surface area (Å²) in [6.45, 7) is 1.60. The molecule has 1 aliphatic heterocycles. The van der Waals surface area contributed by atoms with Gasteiger partial charge in [-0.1, -0.05) is 12.1 Å². The van der Waals surface area contributed by atoms with Gasteiger partial charge in [-0.3, -0.25) is 9.59 Å². The molecule has 2 aromatic carbocycles. The second-order valence-electron chi connectivity index (χ2n) is 9.28. The molecule has 11 nitrogen and oxygen atoms in total. The van der Waals surface area contributed by atoms with Gasteiger partial charge in [-0.2, -0.15) is 0 Å². The third kappa shape index (κ3) is 3.78. The summed E-state index contributed by atoms with van der Waals surface area (Å²) in [5.41, 5.74) is 4.69. The fraction of sp³-hybridized carbons (Fsp3) is 0.346. The first kappa shape index (κ1) is 24.9. The van der Waals surface area contributed by atoms with Gasteiger partial charge in [0.1, 0.15) is 17.2 Å². The average molecular weight is 511 g/mol. The minimum absolute atomic E-state index is 0.0188. The summed E-state index contributed by atoms with van der Waals surface area (Å²) in [5.74, 6) is -3.90. The topological polar surface area (TPSA) is 186 Å². The molecule has 0 amide bonds. The molecule has 37 heavy (non-hydrogen) atoms. The number of hydrogen-bond donors (Lipinski definition) is 5. The molecule has 0 radical (unpaired) electrons. The number of fused-ring (bicyclic) bond motifs is 3. The summed E-state index contributed by atoms with van der Waals surface area (Å²) in [6, 6.07) is 3.74. The van der Waals surface area contributed by atoms with Crippen molar-refractivity contribution < 1.29 is 49.0 Å². The molecular formula is C26H25NO10. The second-order valence-corrected chi connectivity index (χ2v) is 9.28. The van der Waals surface area contributed by atoms with Crippen LogP contribution in [-0.4, -0.2) is 69.6 Å². The number of carboxylic acid groups (broad SMARTS) is 1. The van der Waals surface area contributed by atoms with Crippen LogP contribution in [0, 0.1) is 0 Å². The minimum Gasteiger partial charge on any atom is -0.507 e. The lowest BCUT2D eigenvalue weighted by atomic mass is 9.77. The number of carboxylic acids is 1. The van der Waals surface area contributed by atoms with Gasteiger partial charge >= 0.3 is 5.97 Å². The molecule has 5 rings (SSSR count). The van der Waals surface area contributed by atoms with Crippen LogP contribution in [-0.2, 0) is 14.3 Å². The Morgan fingerprint density at radius 2 is 1.81 bits per heavy atom. The lowest BCUT2D eigenvalue weighted by Gasteiger charge is -2.38. The fourth-order valence-corrected chi connectivity index (χ4v) is 5.22. The number of methoxy groups -OCH3 is 1. The van der Waals surface area contributed by atoms with Crippen LogP contribution in [0.2, 0.25) is 0 Å². The van der Waals surface area contributed by atoms with Gasteiger partial charge in [-0.25, -0.2) is 4.79 Å². The molecule has 1 fully saturated rings. The van der Waals surface area contributed by atoms with Crippen LogP contribution in [0.5, 0.6) is 17.2 Å². The van der Waals surface area contributed by atoms with Crippen LogP contribution >= 0.6 is 0 Å². The number of hydrogen-bond acceptors (Lipinski definition) is 10. The number of aromatic hydroxyl groups is 2. The zero-order valence-electron chi connectivity index (χ0n) is 19.9. The molecular weight excluding hydrogens is 486 g/mol. The Balaban J connectivity index is 1.68. The molecule has 0 saturated carbocycles. The molecule has 0 spiro atoms. The molecule has 2 aliphatic carbocycles. The Kier molecular flexibility index (Phi) is 6.03. The van der Waals surface area contributed by atoms with Gasteiger partial charge < -0.3 is 40.4 Å². The van der Waals surface area contributed by atoms with Gasteiger partial charge in [0.25, 0.3) is 0 Å². The van der Waals surface area contributed by atoms with E-state index in [9.17, 15) is 34.8 Å². The van der Waals surface area contributed by atoms with E-state index in [0.717, 1.165) is 6.08 Å². The van der Waals surface area contributed by atoms with Crippen molar-refractivity contribution in [3.05, 3.63) is 57.2 Å². The van der Waals surface area contributed by atoms with Crippen LogP contribution in [0.1, 0.15) is 68.8 Å².